The van der Waals surface area contributed by atoms with Crippen LogP contribution in [0.15, 0.2) is 30.5 Å². The normalized spacial score (nSPS) is 9.62. The molecule has 84 valence electrons. The van der Waals surface area contributed by atoms with Gasteiger partial charge in [-0.25, -0.2) is 4.79 Å². The Morgan fingerprint density at radius 1 is 1.38 bits per heavy atom. The average Bonchev–Trinajstić information content (AvgIpc) is 2.26. The highest BCUT2D eigenvalue weighted by Gasteiger charge is 2.15. The Morgan fingerprint density at radius 3 is 2.75 bits per heavy atom. The number of esters is 1. The van der Waals surface area contributed by atoms with Crippen LogP contribution >= 0.6 is 0 Å². The van der Waals surface area contributed by atoms with Crippen LogP contribution in [-0.4, -0.2) is 18.2 Å². The van der Waals surface area contributed by atoms with Gasteiger partial charge in [-0.15, -0.1) is 0 Å². The van der Waals surface area contributed by atoms with E-state index in [1.807, 2.05) is 24.3 Å². The molecule has 0 N–H and O–H groups in total. The largest absolute Gasteiger partial charge is 1.00 e. The molecule has 0 aliphatic carbocycles. The molecule has 2 rings (SSSR count). The van der Waals surface area contributed by atoms with Crippen molar-refractivity contribution >= 4 is 16.9 Å². The van der Waals surface area contributed by atoms with E-state index in [1.54, 1.807) is 17.9 Å². The van der Waals surface area contributed by atoms with Gasteiger partial charge in [-0.3, -0.25) is 0 Å². The Hall–Kier alpha value is -1.68. The van der Waals surface area contributed by atoms with Crippen LogP contribution in [0.2, 0.25) is 0 Å². The summed E-state index contributed by atoms with van der Waals surface area (Å²) in [6.07, 6.45) is 1.66. The lowest BCUT2D eigenvalue weighted by Gasteiger charge is -2.00. The monoisotopic (exact) mass is 238 g/mol. The lowest BCUT2D eigenvalue weighted by atomic mass is 10.1. The fourth-order valence-electron chi connectivity index (χ4n) is 1.52. The molecule has 0 amide bonds. The van der Waals surface area contributed by atoms with Crippen LogP contribution in [0, 0.1) is 0 Å². The van der Waals surface area contributed by atoms with E-state index in [9.17, 15) is 4.79 Å². The number of rotatable bonds is 1. The van der Waals surface area contributed by atoms with Gasteiger partial charge in [-0.1, -0.05) is 22.9 Å². The number of fused-ring (bicyclic) bond motifs is 1. The van der Waals surface area contributed by atoms with Crippen molar-refractivity contribution in [2.45, 2.75) is 0 Å². The van der Waals surface area contributed by atoms with Gasteiger partial charge in [0, 0.05) is 5.39 Å². The van der Waals surface area contributed by atoms with Crippen molar-refractivity contribution in [1.29, 1.82) is 0 Å². The first-order valence-electron chi connectivity index (χ1n) is 4.56. The fraction of sp³-hybridized carbons (Fsp3) is 0.182. The van der Waals surface area contributed by atoms with Crippen LogP contribution in [0.25, 0.3) is 10.9 Å². The highest BCUT2D eigenvalue weighted by atomic mass is 35.5. The number of methoxy groups -OCH3 is 1. The highest BCUT2D eigenvalue weighted by Crippen LogP contribution is 2.14. The molecule has 4 nitrogen and oxygen atoms in total. The van der Waals surface area contributed by atoms with Crippen molar-refractivity contribution in [2.24, 2.45) is 7.05 Å². The molecule has 0 spiro atoms. The maximum absolute atomic E-state index is 11.5. The van der Waals surface area contributed by atoms with Gasteiger partial charge in [-0.05, 0) is 11.2 Å². The van der Waals surface area contributed by atoms with Gasteiger partial charge in [-0.2, -0.15) is 0 Å². The van der Waals surface area contributed by atoms with Crippen LogP contribution in [0.5, 0.6) is 0 Å². The molecule has 5 heteroatoms. The van der Waals surface area contributed by atoms with Gasteiger partial charge in [0.1, 0.15) is 11.1 Å². The third kappa shape index (κ3) is 2.12. The molecule has 0 bridgehead atoms. The SMILES string of the molecule is COC(=O)c1c[n+](C)nc2ccccc12.[Cl-]. The third-order valence-corrected chi connectivity index (χ3v) is 2.18. The second-order valence-corrected chi connectivity index (χ2v) is 3.23. The molecule has 1 heterocycles. The summed E-state index contributed by atoms with van der Waals surface area (Å²) in [5.41, 5.74) is 1.31. The van der Waals surface area contributed by atoms with Gasteiger partial charge >= 0.3 is 5.97 Å². The standard InChI is InChI=1S/C11H11N2O2.ClH/c1-13-7-9(11(14)15-2)8-5-3-4-6-10(8)12-13;/h3-7H,1-2H3;1H/q+1;/p-1. The molecule has 0 saturated carbocycles. The van der Waals surface area contributed by atoms with Gasteiger partial charge < -0.3 is 17.1 Å². The van der Waals surface area contributed by atoms with Crippen LogP contribution in [-0.2, 0) is 11.8 Å². The first-order chi connectivity index (χ1) is 7.22. The number of aromatic nitrogens is 2. The molecule has 0 aliphatic heterocycles. The van der Waals surface area contributed by atoms with E-state index in [-0.39, 0.29) is 18.4 Å². The summed E-state index contributed by atoms with van der Waals surface area (Å²) in [7, 11) is 3.15. The maximum Gasteiger partial charge on any atom is 0.344 e. The number of ether oxygens (including phenoxy) is 1. The molecule has 2 aromatic rings. The second-order valence-electron chi connectivity index (χ2n) is 3.23. The molecule has 0 saturated heterocycles. The Kier molecular flexibility index (Phi) is 3.79. The Morgan fingerprint density at radius 2 is 2.06 bits per heavy atom. The van der Waals surface area contributed by atoms with Gasteiger partial charge in [0.15, 0.2) is 7.05 Å². The van der Waals surface area contributed by atoms with Crippen molar-refractivity contribution in [1.82, 2.24) is 5.10 Å². The molecule has 0 radical (unpaired) electrons. The predicted octanol–water partition coefficient (Wildman–Crippen LogP) is -2.15. The maximum atomic E-state index is 11.5. The van der Waals surface area contributed by atoms with E-state index >= 15 is 0 Å². The Balaban J connectivity index is 0.00000128. The number of carbonyl (C=O) groups is 1. The molecular formula is C11H11ClN2O2. The quantitative estimate of drug-likeness (QED) is 0.420. The van der Waals surface area contributed by atoms with Crippen LogP contribution < -0.4 is 17.1 Å². The van der Waals surface area contributed by atoms with E-state index in [2.05, 4.69) is 5.10 Å². The number of benzene rings is 1. The zero-order valence-corrected chi connectivity index (χ0v) is 9.73. The van der Waals surface area contributed by atoms with Crippen molar-refractivity contribution in [2.75, 3.05) is 7.11 Å². The number of hydrogen-bond donors (Lipinski definition) is 0. The van der Waals surface area contributed by atoms with Crippen LogP contribution in [0.3, 0.4) is 0 Å². The van der Waals surface area contributed by atoms with Crippen molar-refractivity contribution in [3.05, 3.63) is 36.0 Å². The fourth-order valence-corrected chi connectivity index (χ4v) is 1.52. The first-order valence-corrected chi connectivity index (χ1v) is 4.56. The number of carbonyl (C=O) groups excluding carboxylic acids is 1. The van der Waals surface area contributed by atoms with E-state index in [4.69, 9.17) is 4.74 Å². The van der Waals surface area contributed by atoms with Gasteiger partial charge in [0.05, 0.1) is 7.11 Å². The molecule has 0 fully saturated rings. The van der Waals surface area contributed by atoms with Gasteiger partial charge in [0.25, 0.3) is 0 Å². The third-order valence-electron chi connectivity index (χ3n) is 2.18. The Labute approximate surface area is 99.3 Å². The number of hydrogen-bond acceptors (Lipinski definition) is 3. The van der Waals surface area contributed by atoms with Crippen LogP contribution in [0.4, 0.5) is 0 Å². The zero-order chi connectivity index (χ0) is 10.8. The molecule has 0 atom stereocenters. The molecule has 16 heavy (non-hydrogen) atoms. The molecule has 1 aromatic carbocycles. The predicted molar refractivity (Wildman–Crippen MR) is 54.3 cm³/mol. The first kappa shape index (κ1) is 12.4. The minimum absolute atomic E-state index is 0. The minimum Gasteiger partial charge on any atom is -1.00 e. The molecule has 1 aromatic heterocycles. The highest BCUT2D eigenvalue weighted by molar-refractivity contribution is 6.02. The summed E-state index contributed by atoms with van der Waals surface area (Å²) in [6, 6.07) is 7.48. The summed E-state index contributed by atoms with van der Waals surface area (Å²) in [6.45, 7) is 0. The molecular weight excluding hydrogens is 228 g/mol. The van der Waals surface area contributed by atoms with Crippen molar-refractivity contribution < 1.29 is 26.6 Å². The minimum atomic E-state index is -0.343. The second kappa shape index (κ2) is 4.90. The lowest BCUT2D eigenvalue weighted by Crippen LogP contribution is -3.00. The van der Waals surface area contributed by atoms with Crippen molar-refractivity contribution in [3.8, 4) is 0 Å². The van der Waals surface area contributed by atoms with E-state index in [0.717, 1.165) is 10.9 Å². The van der Waals surface area contributed by atoms with Crippen LogP contribution in [0.1, 0.15) is 10.4 Å². The Bertz CT molecular complexity index is 528. The smallest absolute Gasteiger partial charge is 0.344 e. The topological polar surface area (TPSA) is 43.1 Å². The number of halogens is 1. The lowest BCUT2D eigenvalue weighted by molar-refractivity contribution is -0.728. The molecule has 0 aliphatic rings. The number of aryl methyl sites for hydroxylation is 1. The average molecular weight is 239 g/mol. The van der Waals surface area contributed by atoms with E-state index in [1.165, 1.54) is 7.11 Å². The van der Waals surface area contributed by atoms with E-state index < -0.39 is 0 Å². The molecule has 0 unspecified atom stereocenters. The summed E-state index contributed by atoms with van der Waals surface area (Å²) in [4.78, 5) is 11.5. The summed E-state index contributed by atoms with van der Waals surface area (Å²) in [5.74, 6) is -0.343. The summed E-state index contributed by atoms with van der Waals surface area (Å²) >= 11 is 0. The summed E-state index contributed by atoms with van der Waals surface area (Å²) in [5, 5.41) is 5.07. The zero-order valence-electron chi connectivity index (χ0n) is 8.98. The van der Waals surface area contributed by atoms with Crippen molar-refractivity contribution in [3.63, 3.8) is 0 Å². The van der Waals surface area contributed by atoms with E-state index in [0.29, 0.717) is 5.56 Å². The number of nitrogens with zero attached hydrogens (tertiary/aromatic N) is 2. The van der Waals surface area contributed by atoms with Gasteiger partial charge in [0.2, 0.25) is 6.20 Å². The summed E-state index contributed by atoms with van der Waals surface area (Å²) < 4.78 is 6.33.